The van der Waals surface area contributed by atoms with Crippen LogP contribution in [0.15, 0.2) is 48.8 Å². The van der Waals surface area contributed by atoms with E-state index in [1.165, 1.54) is 0 Å². The molecule has 1 fully saturated rings. The highest BCUT2D eigenvalue weighted by Crippen LogP contribution is 2.43. The molecule has 1 aliphatic rings. The molecule has 1 saturated carbocycles. The molecule has 1 aliphatic carbocycles. The van der Waals surface area contributed by atoms with Gasteiger partial charge in [0.15, 0.2) is 21.1 Å². The van der Waals surface area contributed by atoms with Crippen LogP contribution in [0.25, 0.3) is 16.8 Å². The summed E-state index contributed by atoms with van der Waals surface area (Å²) in [6.45, 7) is 2.19. The summed E-state index contributed by atoms with van der Waals surface area (Å²) < 4.78 is 27.6. The predicted octanol–water partition coefficient (Wildman–Crippen LogP) is 3.35. The van der Waals surface area contributed by atoms with E-state index in [0.29, 0.717) is 5.92 Å². The second-order valence-corrected chi connectivity index (χ2v) is 10.3. The molecule has 1 N–H and O–H groups in total. The maximum Gasteiger partial charge on any atom is 0.179 e. The van der Waals surface area contributed by atoms with Gasteiger partial charge < -0.3 is 4.98 Å². The van der Waals surface area contributed by atoms with E-state index in [9.17, 15) is 8.42 Å². The Morgan fingerprint density at radius 3 is 2.79 bits per heavy atom. The van der Waals surface area contributed by atoms with Gasteiger partial charge in [0.05, 0.1) is 23.2 Å². The molecule has 1 aromatic carbocycles. The Morgan fingerprint density at radius 1 is 1.14 bits per heavy atom. The average molecular weight is 410 g/mol. The van der Waals surface area contributed by atoms with Crippen molar-refractivity contribution in [3.05, 3.63) is 60.2 Å². The van der Waals surface area contributed by atoms with E-state index in [1.54, 1.807) is 6.20 Å². The lowest BCUT2D eigenvalue weighted by atomic mass is 9.97. The van der Waals surface area contributed by atoms with E-state index in [2.05, 4.69) is 31.5 Å². The first-order valence-corrected chi connectivity index (χ1v) is 11.7. The first-order valence-electron chi connectivity index (χ1n) is 9.91. The van der Waals surface area contributed by atoms with Crippen LogP contribution < -0.4 is 0 Å². The topological polar surface area (TPSA) is 93.0 Å². The van der Waals surface area contributed by atoms with Gasteiger partial charge in [-0.2, -0.15) is 0 Å². The zero-order chi connectivity index (χ0) is 20.0. The number of sulfone groups is 1. The largest absolute Gasteiger partial charge is 0.345 e. The van der Waals surface area contributed by atoms with Crippen LogP contribution in [-0.2, 0) is 15.6 Å². The fourth-order valence-corrected chi connectivity index (χ4v) is 6.57. The molecule has 0 aliphatic heterocycles. The van der Waals surface area contributed by atoms with Crippen LogP contribution in [0.2, 0.25) is 0 Å². The van der Waals surface area contributed by atoms with Crippen LogP contribution in [0.4, 0.5) is 0 Å². The Labute approximate surface area is 169 Å². The van der Waals surface area contributed by atoms with Crippen LogP contribution in [0, 0.1) is 11.8 Å². The number of aromatic nitrogens is 5. The van der Waals surface area contributed by atoms with Crippen LogP contribution in [0.3, 0.4) is 0 Å². The van der Waals surface area contributed by atoms with Gasteiger partial charge in [-0.05, 0) is 36.3 Å². The lowest BCUT2D eigenvalue weighted by molar-refractivity contribution is 0.505. The van der Waals surface area contributed by atoms with Crippen molar-refractivity contribution in [1.82, 2.24) is 24.6 Å². The highest BCUT2D eigenvalue weighted by Gasteiger charge is 2.37. The van der Waals surface area contributed by atoms with E-state index < -0.39 is 9.84 Å². The number of hydrogen-bond acceptors (Lipinski definition) is 5. The highest BCUT2D eigenvalue weighted by atomic mass is 32.2. The molecule has 0 spiro atoms. The van der Waals surface area contributed by atoms with Crippen molar-refractivity contribution in [1.29, 1.82) is 0 Å². The molecule has 0 bridgehead atoms. The number of rotatable bonds is 5. The van der Waals surface area contributed by atoms with E-state index in [1.807, 2.05) is 42.6 Å². The minimum absolute atomic E-state index is 0.104. The van der Waals surface area contributed by atoms with E-state index >= 15 is 0 Å². The van der Waals surface area contributed by atoms with Gasteiger partial charge in [-0.25, -0.2) is 13.4 Å². The Morgan fingerprint density at radius 2 is 1.97 bits per heavy atom. The Balaban J connectivity index is 1.39. The molecule has 8 heteroatoms. The Hall–Kier alpha value is -2.74. The third kappa shape index (κ3) is 3.42. The normalized spacial score (nSPS) is 22.6. The molecular formula is C21H23N5O2S. The number of H-pyrrole nitrogens is 1. The lowest BCUT2D eigenvalue weighted by Crippen LogP contribution is -2.16. The highest BCUT2D eigenvalue weighted by molar-refractivity contribution is 7.90. The molecular weight excluding hydrogens is 386 g/mol. The SMILES string of the molecule is C[C@@H]1C[C@H](CS(=O)(=O)Cc2ccccc2)C[C@@H]1c1nnc2cnc3[nH]ccc3n12. The van der Waals surface area contributed by atoms with Crippen molar-refractivity contribution in [3.8, 4) is 0 Å². The molecule has 0 amide bonds. The maximum atomic E-state index is 12.8. The average Bonchev–Trinajstić information content (AvgIpc) is 3.38. The quantitative estimate of drug-likeness (QED) is 0.546. The minimum Gasteiger partial charge on any atom is -0.345 e. The Bertz CT molecular complexity index is 1260. The third-order valence-electron chi connectivity index (χ3n) is 6.00. The summed E-state index contributed by atoms with van der Waals surface area (Å²) in [6.07, 6.45) is 5.27. The van der Waals surface area contributed by atoms with Gasteiger partial charge in [-0.3, -0.25) is 4.40 Å². The number of nitrogens with one attached hydrogen (secondary N) is 1. The number of aromatic amines is 1. The minimum atomic E-state index is -3.16. The molecule has 3 heterocycles. The summed E-state index contributed by atoms with van der Waals surface area (Å²) in [5.41, 5.74) is 3.32. The van der Waals surface area contributed by atoms with E-state index in [4.69, 9.17) is 0 Å². The lowest BCUT2D eigenvalue weighted by Gasteiger charge is -2.13. The van der Waals surface area contributed by atoms with Gasteiger partial charge in [0.1, 0.15) is 5.82 Å². The third-order valence-corrected chi connectivity index (χ3v) is 7.75. The molecule has 4 aromatic rings. The number of hydrogen-bond donors (Lipinski definition) is 1. The summed E-state index contributed by atoms with van der Waals surface area (Å²) in [7, 11) is -3.16. The van der Waals surface area contributed by atoms with Gasteiger partial charge in [0, 0.05) is 12.1 Å². The van der Waals surface area contributed by atoms with Crippen LogP contribution in [-0.4, -0.2) is 38.7 Å². The van der Waals surface area contributed by atoms with Crippen molar-refractivity contribution in [2.24, 2.45) is 11.8 Å². The predicted molar refractivity (Wildman–Crippen MR) is 111 cm³/mol. The van der Waals surface area contributed by atoms with Crippen molar-refractivity contribution >= 4 is 26.6 Å². The summed E-state index contributed by atoms with van der Waals surface area (Å²) in [5.74, 6) is 1.90. The fraction of sp³-hybridized carbons (Fsp3) is 0.381. The van der Waals surface area contributed by atoms with E-state index in [0.717, 1.165) is 41.0 Å². The van der Waals surface area contributed by atoms with Crippen molar-refractivity contribution in [3.63, 3.8) is 0 Å². The molecule has 7 nitrogen and oxygen atoms in total. The fourth-order valence-electron chi connectivity index (χ4n) is 4.76. The Kier molecular flexibility index (Phi) is 4.38. The number of nitrogens with zero attached hydrogens (tertiary/aromatic N) is 4. The van der Waals surface area contributed by atoms with Crippen LogP contribution >= 0.6 is 0 Å². The van der Waals surface area contributed by atoms with Crippen LogP contribution in [0.5, 0.6) is 0 Å². The molecule has 150 valence electrons. The maximum absolute atomic E-state index is 12.8. The standard InChI is InChI=1S/C21H23N5O2S/c1-14-9-16(13-29(27,28)12-15-5-3-2-4-6-15)10-17(14)21-25-24-19-11-23-20-18(26(19)21)7-8-22-20/h2-8,11,14,16-17,22H,9-10,12-13H2,1H3/t14-,16+,17+/m1/s1. The zero-order valence-electron chi connectivity index (χ0n) is 16.2. The molecule has 3 aromatic heterocycles. The van der Waals surface area contributed by atoms with Gasteiger partial charge >= 0.3 is 0 Å². The molecule has 5 rings (SSSR count). The van der Waals surface area contributed by atoms with Gasteiger partial charge in [0.25, 0.3) is 0 Å². The monoisotopic (exact) mass is 409 g/mol. The van der Waals surface area contributed by atoms with Crippen molar-refractivity contribution in [2.45, 2.75) is 31.4 Å². The molecule has 29 heavy (non-hydrogen) atoms. The second kappa shape index (κ2) is 6.95. The van der Waals surface area contributed by atoms with Gasteiger partial charge in [-0.15, -0.1) is 10.2 Å². The summed E-state index contributed by atoms with van der Waals surface area (Å²) in [4.78, 5) is 7.50. The molecule has 0 radical (unpaired) electrons. The first kappa shape index (κ1) is 18.3. The summed E-state index contributed by atoms with van der Waals surface area (Å²) in [5, 5.41) is 8.77. The molecule has 3 atom stereocenters. The number of fused-ring (bicyclic) bond motifs is 3. The smallest absolute Gasteiger partial charge is 0.179 e. The summed E-state index contributed by atoms with van der Waals surface area (Å²) >= 11 is 0. The van der Waals surface area contributed by atoms with E-state index in [-0.39, 0.29) is 23.3 Å². The van der Waals surface area contributed by atoms with Crippen molar-refractivity contribution in [2.75, 3.05) is 5.75 Å². The molecule has 0 unspecified atom stereocenters. The molecule has 0 saturated heterocycles. The van der Waals surface area contributed by atoms with Gasteiger partial charge in [0.2, 0.25) is 0 Å². The van der Waals surface area contributed by atoms with Gasteiger partial charge in [-0.1, -0.05) is 37.3 Å². The first-order chi connectivity index (χ1) is 14.0. The second-order valence-electron chi connectivity index (χ2n) is 8.18. The summed E-state index contributed by atoms with van der Waals surface area (Å²) in [6, 6.07) is 11.4. The van der Waals surface area contributed by atoms with Crippen LogP contribution in [0.1, 0.15) is 37.1 Å². The number of benzene rings is 1. The van der Waals surface area contributed by atoms with Crippen molar-refractivity contribution < 1.29 is 8.42 Å². The zero-order valence-corrected chi connectivity index (χ0v) is 17.0.